The summed E-state index contributed by atoms with van der Waals surface area (Å²) in [6.07, 6.45) is 3.64. The van der Waals surface area contributed by atoms with Crippen molar-refractivity contribution >= 4 is 11.4 Å². The van der Waals surface area contributed by atoms with Gasteiger partial charge in [0.25, 0.3) is 0 Å². The Morgan fingerprint density at radius 1 is 1.38 bits per heavy atom. The average Bonchev–Trinajstić information content (AvgIpc) is 2.65. The lowest BCUT2D eigenvalue weighted by molar-refractivity contribution is 0.614. The molecule has 16 heavy (non-hydrogen) atoms. The number of hydrogen-bond donors (Lipinski definition) is 1. The van der Waals surface area contributed by atoms with Crippen LogP contribution in [0.1, 0.15) is 24.8 Å². The predicted octanol–water partition coefficient (Wildman–Crippen LogP) is 2.92. The van der Waals surface area contributed by atoms with Crippen LogP contribution in [0.2, 0.25) is 0 Å². The number of aryl methyl sites for hydroxylation is 1. The molecular weight excluding hydrogens is 203 g/mol. The molecule has 0 radical (unpaired) electrons. The molecule has 1 aromatic carbocycles. The van der Waals surface area contributed by atoms with Crippen LogP contribution in [-0.4, -0.2) is 19.1 Å². The number of fused-ring (bicyclic) bond motifs is 3. The van der Waals surface area contributed by atoms with Crippen LogP contribution in [-0.2, 0) is 0 Å². The highest BCUT2D eigenvalue weighted by Gasteiger charge is 2.28. The molecule has 0 saturated carbocycles. The van der Waals surface area contributed by atoms with Crippen molar-refractivity contribution in [3.8, 4) is 0 Å². The molecule has 0 aromatic heterocycles. The van der Waals surface area contributed by atoms with Gasteiger partial charge < -0.3 is 10.2 Å². The maximum absolute atomic E-state index is 13.6. The molecule has 0 aliphatic carbocycles. The van der Waals surface area contributed by atoms with Crippen molar-refractivity contribution in [2.45, 2.75) is 32.2 Å². The first-order chi connectivity index (χ1) is 7.75. The summed E-state index contributed by atoms with van der Waals surface area (Å²) in [7, 11) is 0. The van der Waals surface area contributed by atoms with Crippen molar-refractivity contribution in [2.75, 3.05) is 23.3 Å². The third-order valence-corrected chi connectivity index (χ3v) is 3.76. The van der Waals surface area contributed by atoms with E-state index >= 15 is 0 Å². The molecule has 0 spiro atoms. The van der Waals surface area contributed by atoms with E-state index in [1.165, 1.54) is 12.8 Å². The molecule has 1 fully saturated rings. The van der Waals surface area contributed by atoms with Gasteiger partial charge in [-0.2, -0.15) is 0 Å². The molecule has 2 aliphatic rings. The minimum atomic E-state index is -0.0897. The number of nitrogens with one attached hydrogen (secondary N) is 1. The van der Waals surface area contributed by atoms with Gasteiger partial charge in [0.15, 0.2) is 0 Å². The van der Waals surface area contributed by atoms with Crippen molar-refractivity contribution in [1.82, 2.24) is 0 Å². The molecule has 1 N–H and O–H groups in total. The van der Waals surface area contributed by atoms with Gasteiger partial charge in [0.05, 0.1) is 11.4 Å². The minimum absolute atomic E-state index is 0.0897. The first-order valence-electron chi connectivity index (χ1n) is 6.06. The summed E-state index contributed by atoms with van der Waals surface area (Å²) in [5.41, 5.74) is 2.88. The first kappa shape index (κ1) is 9.94. The number of hydrogen-bond acceptors (Lipinski definition) is 2. The Hall–Kier alpha value is -1.25. The second kappa shape index (κ2) is 3.65. The molecule has 0 bridgehead atoms. The number of nitrogens with zero attached hydrogens (tertiary/aromatic N) is 1. The minimum Gasteiger partial charge on any atom is -0.383 e. The van der Waals surface area contributed by atoms with Crippen LogP contribution in [0.5, 0.6) is 0 Å². The van der Waals surface area contributed by atoms with E-state index in [0.29, 0.717) is 6.04 Å². The zero-order chi connectivity index (χ0) is 11.1. The lowest BCUT2D eigenvalue weighted by Crippen LogP contribution is -2.28. The molecule has 1 unspecified atom stereocenters. The lowest BCUT2D eigenvalue weighted by atomic mass is 10.1. The summed E-state index contributed by atoms with van der Waals surface area (Å²) in [6.45, 7) is 3.89. The zero-order valence-electron chi connectivity index (χ0n) is 9.59. The Labute approximate surface area is 95.4 Å². The maximum Gasteiger partial charge on any atom is 0.128 e. The molecular formula is C13H17FN2. The zero-order valence-corrected chi connectivity index (χ0v) is 9.59. The third-order valence-electron chi connectivity index (χ3n) is 3.76. The van der Waals surface area contributed by atoms with E-state index < -0.39 is 0 Å². The second-order valence-corrected chi connectivity index (χ2v) is 4.82. The second-order valence-electron chi connectivity index (χ2n) is 4.82. The molecule has 2 aliphatic heterocycles. The molecule has 3 heteroatoms. The monoisotopic (exact) mass is 220 g/mol. The van der Waals surface area contributed by atoms with E-state index in [1.807, 2.05) is 13.0 Å². The SMILES string of the molecule is Cc1cc2c(cc1F)N1CCCC1CCN2. The quantitative estimate of drug-likeness (QED) is 0.723. The van der Waals surface area contributed by atoms with Crippen LogP contribution < -0.4 is 10.2 Å². The van der Waals surface area contributed by atoms with Crippen LogP contribution in [0, 0.1) is 12.7 Å². The fourth-order valence-corrected chi connectivity index (χ4v) is 2.88. The van der Waals surface area contributed by atoms with Crippen LogP contribution in [0.25, 0.3) is 0 Å². The molecule has 86 valence electrons. The standard InChI is InChI=1S/C13H17FN2/c1-9-7-12-13(8-11(9)14)16-6-2-3-10(16)4-5-15-12/h7-8,10,15H,2-6H2,1H3. The summed E-state index contributed by atoms with van der Waals surface area (Å²) in [4.78, 5) is 2.37. The Morgan fingerprint density at radius 3 is 3.12 bits per heavy atom. The fraction of sp³-hybridized carbons (Fsp3) is 0.538. The molecule has 1 saturated heterocycles. The van der Waals surface area contributed by atoms with Crippen molar-refractivity contribution in [3.05, 3.63) is 23.5 Å². The smallest absolute Gasteiger partial charge is 0.128 e. The first-order valence-corrected chi connectivity index (χ1v) is 6.06. The lowest BCUT2D eigenvalue weighted by Gasteiger charge is -2.25. The Kier molecular flexibility index (Phi) is 2.27. The number of rotatable bonds is 0. The van der Waals surface area contributed by atoms with Gasteiger partial charge in [-0.3, -0.25) is 0 Å². The van der Waals surface area contributed by atoms with Crippen LogP contribution in [0.4, 0.5) is 15.8 Å². The highest BCUT2D eigenvalue weighted by atomic mass is 19.1. The molecule has 3 rings (SSSR count). The molecule has 1 aromatic rings. The van der Waals surface area contributed by atoms with Gasteiger partial charge >= 0.3 is 0 Å². The van der Waals surface area contributed by atoms with Crippen LogP contribution in [0.3, 0.4) is 0 Å². The topological polar surface area (TPSA) is 15.3 Å². The fourth-order valence-electron chi connectivity index (χ4n) is 2.88. The van der Waals surface area contributed by atoms with Gasteiger partial charge in [0.1, 0.15) is 5.82 Å². The van der Waals surface area contributed by atoms with Gasteiger partial charge in [0, 0.05) is 19.1 Å². The number of halogens is 1. The summed E-state index contributed by atoms with van der Waals surface area (Å²) in [6, 6.07) is 4.24. The number of anilines is 2. The van der Waals surface area contributed by atoms with E-state index in [0.717, 1.165) is 36.4 Å². The van der Waals surface area contributed by atoms with Crippen LogP contribution in [0.15, 0.2) is 12.1 Å². The van der Waals surface area contributed by atoms with Gasteiger partial charge in [-0.05, 0) is 43.9 Å². The summed E-state index contributed by atoms with van der Waals surface area (Å²) in [5.74, 6) is -0.0897. The van der Waals surface area contributed by atoms with Gasteiger partial charge in [-0.25, -0.2) is 4.39 Å². The van der Waals surface area contributed by atoms with E-state index in [1.54, 1.807) is 6.07 Å². The highest BCUT2D eigenvalue weighted by Crippen LogP contribution is 2.37. The van der Waals surface area contributed by atoms with Crippen molar-refractivity contribution in [3.63, 3.8) is 0 Å². The molecule has 1 atom stereocenters. The summed E-state index contributed by atoms with van der Waals surface area (Å²) in [5, 5.41) is 3.41. The Bertz CT molecular complexity index is 417. The van der Waals surface area contributed by atoms with Crippen molar-refractivity contribution < 1.29 is 4.39 Å². The van der Waals surface area contributed by atoms with Gasteiger partial charge in [-0.15, -0.1) is 0 Å². The van der Waals surface area contributed by atoms with Crippen molar-refractivity contribution in [2.24, 2.45) is 0 Å². The number of benzene rings is 1. The third kappa shape index (κ3) is 1.46. The van der Waals surface area contributed by atoms with Crippen molar-refractivity contribution in [1.29, 1.82) is 0 Å². The molecule has 2 nitrogen and oxygen atoms in total. The Balaban J connectivity index is 2.09. The normalized spacial score (nSPS) is 23.4. The van der Waals surface area contributed by atoms with E-state index in [-0.39, 0.29) is 5.82 Å². The van der Waals surface area contributed by atoms with Gasteiger partial charge in [0.2, 0.25) is 0 Å². The maximum atomic E-state index is 13.6. The molecule has 2 heterocycles. The average molecular weight is 220 g/mol. The van der Waals surface area contributed by atoms with E-state index in [9.17, 15) is 4.39 Å². The van der Waals surface area contributed by atoms with E-state index in [4.69, 9.17) is 0 Å². The summed E-state index contributed by atoms with van der Waals surface area (Å²) < 4.78 is 13.6. The summed E-state index contributed by atoms with van der Waals surface area (Å²) >= 11 is 0. The highest BCUT2D eigenvalue weighted by molar-refractivity contribution is 5.72. The predicted molar refractivity (Wildman–Crippen MR) is 64.6 cm³/mol. The van der Waals surface area contributed by atoms with E-state index in [2.05, 4.69) is 10.2 Å². The largest absolute Gasteiger partial charge is 0.383 e. The van der Waals surface area contributed by atoms with Gasteiger partial charge in [-0.1, -0.05) is 0 Å². The molecule has 0 amide bonds. The Morgan fingerprint density at radius 2 is 2.25 bits per heavy atom. The van der Waals surface area contributed by atoms with Crippen LogP contribution >= 0.6 is 0 Å².